The number of aliphatic imine (C=N–C) groups is 1. The van der Waals surface area contributed by atoms with Crippen molar-refractivity contribution >= 4 is 47.4 Å². The number of guanidine groups is 1. The Morgan fingerprint density at radius 3 is 2.53 bits per heavy atom. The summed E-state index contributed by atoms with van der Waals surface area (Å²) in [7, 11) is 0. The second-order valence-corrected chi connectivity index (χ2v) is 7.51. The highest BCUT2D eigenvalue weighted by Crippen LogP contribution is 2.31. The smallest absolute Gasteiger partial charge is 0.244 e. The van der Waals surface area contributed by atoms with Gasteiger partial charge in [0.15, 0.2) is 5.96 Å². The van der Waals surface area contributed by atoms with E-state index < -0.39 is 0 Å². The second kappa shape index (κ2) is 13.0. The first kappa shape index (κ1) is 25.6. The molecule has 1 unspecified atom stereocenters. The monoisotopic (exact) mass is 549 g/mol. The summed E-state index contributed by atoms with van der Waals surface area (Å²) in [6.45, 7) is 6.47. The summed E-state index contributed by atoms with van der Waals surface area (Å²) < 4.78 is 0. The Labute approximate surface area is 207 Å². The van der Waals surface area contributed by atoms with Crippen molar-refractivity contribution < 1.29 is 9.59 Å². The van der Waals surface area contributed by atoms with E-state index in [0.717, 1.165) is 16.8 Å². The fourth-order valence-corrected chi connectivity index (χ4v) is 3.67. The van der Waals surface area contributed by atoms with Gasteiger partial charge in [-0.25, -0.2) is 4.99 Å². The summed E-state index contributed by atoms with van der Waals surface area (Å²) in [6, 6.07) is 17.8. The van der Waals surface area contributed by atoms with Crippen molar-refractivity contribution in [1.82, 2.24) is 15.5 Å². The highest BCUT2D eigenvalue weighted by Gasteiger charge is 2.24. The van der Waals surface area contributed by atoms with Crippen LogP contribution in [0.25, 0.3) is 0 Å². The normalized spacial score (nSPS) is 15.1. The van der Waals surface area contributed by atoms with Crippen LogP contribution < -0.4 is 16.0 Å². The molecule has 0 spiro atoms. The van der Waals surface area contributed by atoms with Gasteiger partial charge >= 0.3 is 0 Å². The molecule has 1 aliphatic rings. The first-order chi connectivity index (χ1) is 15.1. The van der Waals surface area contributed by atoms with Gasteiger partial charge in [-0.3, -0.25) is 9.59 Å². The molecule has 7 nitrogen and oxygen atoms in total. The van der Waals surface area contributed by atoms with Crippen LogP contribution in [-0.4, -0.2) is 48.9 Å². The third-order valence-corrected chi connectivity index (χ3v) is 5.29. The van der Waals surface area contributed by atoms with E-state index in [4.69, 9.17) is 0 Å². The number of hydrogen-bond acceptors (Lipinski definition) is 3. The minimum Gasteiger partial charge on any atom is -0.357 e. The quantitative estimate of drug-likeness (QED) is 0.268. The first-order valence-electron chi connectivity index (χ1n) is 10.8. The van der Waals surface area contributed by atoms with Gasteiger partial charge in [0.2, 0.25) is 11.8 Å². The minimum absolute atomic E-state index is 0. The molecule has 0 radical (unpaired) electrons. The number of benzene rings is 2. The van der Waals surface area contributed by atoms with Crippen LogP contribution in [0.2, 0.25) is 0 Å². The zero-order chi connectivity index (χ0) is 22.1. The minimum atomic E-state index is -0.0223. The van der Waals surface area contributed by atoms with Crippen molar-refractivity contribution in [2.24, 2.45) is 4.99 Å². The molecule has 32 heavy (non-hydrogen) atoms. The fraction of sp³-hybridized carbons (Fsp3) is 0.375. The van der Waals surface area contributed by atoms with E-state index in [1.807, 2.05) is 68.4 Å². The number of nitrogens with zero attached hydrogens (tertiary/aromatic N) is 2. The van der Waals surface area contributed by atoms with Crippen LogP contribution in [0.3, 0.4) is 0 Å². The van der Waals surface area contributed by atoms with Gasteiger partial charge in [-0.05, 0) is 31.0 Å². The number of carbonyl (C=O) groups excluding carboxylic acids is 2. The Hall–Kier alpha value is -2.62. The van der Waals surface area contributed by atoms with E-state index >= 15 is 0 Å². The molecular formula is C24H32IN5O2. The highest BCUT2D eigenvalue weighted by atomic mass is 127. The van der Waals surface area contributed by atoms with Gasteiger partial charge in [0.05, 0.1) is 0 Å². The predicted octanol–water partition coefficient (Wildman–Crippen LogP) is 3.33. The Balaban J connectivity index is 0.00000363. The summed E-state index contributed by atoms with van der Waals surface area (Å²) in [5.74, 6) is 0.623. The SMILES string of the molecule is CCNC(=NCC(=O)N(CC)Cc1ccccc1)NCC1CC(=O)Nc2ccccc21.I. The average Bonchev–Trinajstić information content (AvgIpc) is 2.79. The van der Waals surface area contributed by atoms with Crippen LogP contribution in [0, 0.1) is 0 Å². The molecule has 8 heteroatoms. The third kappa shape index (κ3) is 7.22. The highest BCUT2D eigenvalue weighted by molar-refractivity contribution is 14.0. The van der Waals surface area contributed by atoms with Crippen LogP contribution in [0.1, 0.15) is 37.3 Å². The molecule has 2 aromatic carbocycles. The lowest BCUT2D eigenvalue weighted by Gasteiger charge is -2.26. The number of carbonyl (C=O) groups is 2. The van der Waals surface area contributed by atoms with Gasteiger partial charge in [0, 0.05) is 44.2 Å². The third-order valence-electron chi connectivity index (χ3n) is 5.29. The number of fused-ring (bicyclic) bond motifs is 1. The molecule has 2 amide bonds. The number of anilines is 1. The number of amides is 2. The van der Waals surface area contributed by atoms with Crippen molar-refractivity contribution in [1.29, 1.82) is 0 Å². The van der Waals surface area contributed by atoms with Crippen molar-refractivity contribution in [2.45, 2.75) is 32.7 Å². The van der Waals surface area contributed by atoms with E-state index in [-0.39, 0.29) is 48.3 Å². The lowest BCUT2D eigenvalue weighted by Crippen LogP contribution is -2.41. The van der Waals surface area contributed by atoms with Crippen LogP contribution in [-0.2, 0) is 16.1 Å². The van der Waals surface area contributed by atoms with E-state index in [0.29, 0.717) is 38.6 Å². The predicted molar refractivity (Wildman–Crippen MR) is 139 cm³/mol. The van der Waals surface area contributed by atoms with E-state index in [2.05, 4.69) is 20.9 Å². The number of halogens is 1. The Morgan fingerprint density at radius 1 is 1.09 bits per heavy atom. The molecule has 0 bridgehead atoms. The summed E-state index contributed by atoms with van der Waals surface area (Å²) in [6.07, 6.45) is 0.420. The molecule has 1 aliphatic heterocycles. The van der Waals surface area contributed by atoms with Gasteiger partial charge in [-0.15, -0.1) is 24.0 Å². The van der Waals surface area contributed by atoms with Crippen molar-refractivity contribution in [2.75, 3.05) is 31.5 Å². The first-order valence-corrected chi connectivity index (χ1v) is 10.8. The van der Waals surface area contributed by atoms with Crippen LogP contribution >= 0.6 is 24.0 Å². The number of rotatable bonds is 8. The van der Waals surface area contributed by atoms with Gasteiger partial charge in [-0.1, -0.05) is 48.5 Å². The molecular weight excluding hydrogens is 517 g/mol. The Kier molecular flexibility index (Phi) is 10.5. The zero-order valence-corrected chi connectivity index (χ0v) is 21.0. The Bertz CT molecular complexity index is 920. The van der Waals surface area contributed by atoms with Crippen LogP contribution in [0.5, 0.6) is 0 Å². The zero-order valence-electron chi connectivity index (χ0n) is 18.6. The van der Waals surface area contributed by atoms with Gasteiger partial charge < -0.3 is 20.9 Å². The van der Waals surface area contributed by atoms with Gasteiger partial charge in [0.25, 0.3) is 0 Å². The molecule has 0 saturated heterocycles. The molecule has 3 N–H and O–H groups in total. The topological polar surface area (TPSA) is 85.8 Å². The van der Waals surface area contributed by atoms with E-state index in [1.165, 1.54) is 0 Å². The summed E-state index contributed by atoms with van der Waals surface area (Å²) >= 11 is 0. The number of likely N-dealkylation sites (N-methyl/N-ethyl adjacent to an activating group) is 1. The molecule has 0 aliphatic carbocycles. The van der Waals surface area contributed by atoms with Crippen molar-refractivity contribution in [3.8, 4) is 0 Å². The van der Waals surface area contributed by atoms with E-state index in [1.54, 1.807) is 4.90 Å². The Morgan fingerprint density at radius 2 is 1.81 bits per heavy atom. The van der Waals surface area contributed by atoms with Crippen molar-refractivity contribution in [3.63, 3.8) is 0 Å². The molecule has 1 atom stereocenters. The largest absolute Gasteiger partial charge is 0.357 e. The lowest BCUT2D eigenvalue weighted by molar-refractivity contribution is -0.130. The van der Waals surface area contributed by atoms with E-state index in [9.17, 15) is 9.59 Å². The summed E-state index contributed by atoms with van der Waals surface area (Å²) in [5.41, 5.74) is 3.07. The maximum Gasteiger partial charge on any atom is 0.244 e. The maximum atomic E-state index is 12.7. The fourth-order valence-electron chi connectivity index (χ4n) is 3.67. The van der Waals surface area contributed by atoms with Crippen LogP contribution in [0.4, 0.5) is 5.69 Å². The lowest BCUT2D eigenvalue weighted by atomic mass is 9.90. The molecule has 0 saturated carbocycles. The molecule has 0 aromatic heterocycles. The second-order valence-electron chi connectivity index (χ2n) is 7.51. The molecule has 3 rings (SSSR count). The standard InChI is InChI=1S/C24H31N5O2.HI/c1-3-25-24(26-15-19-14-22(30)28-21-13-9-8-12-20(19)21)27-16-23(31)29(4-2)17-18-10-6-5-7-11-18;/h5-13,19H,3-4,14-17H2,1-2H3,(H,28,30)(H2,25,26,27);1H. The summed E-state index contributed by atoms with van der Waals surface area (Å²) in [4.78, 5) is 31.0. The summed E-state index contributed by atoms with van der Waals surface area (Å²) in [5, 5.41) is 9.41. The number of nitrogens with one attached hydrogen (secondary N) is 3. The van der Waals surface area contributed by atoms with Crippen molar-refractivity contribution in [3.05, 3.63) is 65.7 Å². The molecule has 1 heterocycles. The number of para-hydroxylation sites is 1. The molecule has 2 aromatic rings. The average molecular weight is 549 g/mol. The van der Waals surface area contributed by atoms with Crippen LogP contribution in [0.15, 0.2) is 59.6 Å². The molecule has 0 fully saturated rings. The maximum absolute atomic E-state index is 12.7. The van der Waals surface area contributed by atoms with Gasteiger partial charge in [0.1, 0.15) is 6.54 Å². The number of hydrogen-bond donors (Lipinski definition) is 3. The van der Waals surface area contributed by atoms with Gasteiger partial charge in [-0.2, -0.15) is 0 Å². The molecule has 172 valence electrons.